The van der Waals surface area contributed by atoms with Gasteiger partial charge in [0.25, 0.3) is 0 Å². The van der Waals surface area contributed by atoms with Crippen LogP contribution < -0.4 is 0 Å². The zero-order valence-corrected chi connectivity index (χ0v) is 9.41. The lowest BCUT2D eigenvalue weighted by molar-refractivity contribution is -0.155. The summed E-state index contributed by atoms with van der Waals surface area (Å²) in [6.07, 6.45) is -4.49. The van der Waals surface area contributed by atoms with Crippen LogP contribution in [0.2, 0.25) is 0 Å². The van der Waals surface area contributed by atoms with Crippen LogP contribution in [0, 0.1) is 0 Å². The highest BCUT2D eigenvalue weighted by molar-refractivity contribution is 9.10. The van der Waals surface area contributed by atoms with Gasteiger partial charge in [-0.2, -0.15) is 13.2 Å². The van der Waals surface area contributed by atoms with E-state index in [0.29, 0.717) is 4.88 Å². The molecule has 7 heteroatoms. The van der Waals surface area contributed by atoms with Gasteiger partial charge in [0.1, 0.15) is 5.69 Å². The third kappa shape index (κ3) is 2.23. The lowest BCUT2D eigenvalue weighted by Crippen LogP contribution is -2.01. The Balaban J connectivity index is 2.36. The van der Waals surface area contributed by atoms with Crippen LogP contribution in [0.4, 0.5) is 13.2 Å². The average Bonchev–Trinajstić information content (AvgIpc) is 2.69. The number of hydrogen-bond donors (Lipinski definition) is 0. The summed E-state index contributed by atoms with van der Waals surface area (Å²) in [6.45, 7) is 0. The highest BCUT2D eigenvalue weighted by atomic mass is 79.9. The zero-order valence-electron chi connectivity index (χ0n) is 7.01. The van der Waals surface area contributed by atoms with Crippen molar-refractivity contribution in [2.75, 3.05) is 0 Å². The van der Waals surface area contributed by atoms with Crippen molar-refractivity contribution in [2.45, 2.75) is 6.18 Å². The molecule has 0 bridgehead atoms. The normalized spacial score (nSPS) is 12.0. The van der Waals surface area contributed by atoms with Crippen molar-refractivity contribution in [2.24, 2.45) is 0 Å². The number of hydrogen-bond acceptors (Lipinski definition) is 3. The maximum atomic E-state index is 12.2. The fourth-order valence-corrected chi connectivity index (χ4v) is 2.35. The summed E-state index contributed by atoms with van der Waals surface area (Å²) in [5, 5.41) is 5.12. The molecular weight excluding hydrogens is 295 g/mol. The van der Waals surface area contributed by atoms with E-state index in [1.807, 2.05) is 0 Å². The topological polar surface area (TPSA) is 26.0 Å². The maximum Gasteiger partial charge on any atom is 0.452 e. The molecule has 0 atom stereocenters. The highest BCUT2D eigenvalue weighted by Crippen LogP contribution is 2.34. The van der Waals surface area contributed by atoms with Gasteiger partial charge in [0.2, 0.25) is 5.76 Å². The SMILES string of the molecule is FC(F)(F)c1cc(-c2cc(Br)cs2)no1. The Labute approximate surface area is 94.8 Å². The number of alkyl halides is 3. The van der Waals surface area contributed by atoms with Gasteiger partial charge in [-0.1, -0.05) is 5.16 Å². The number of nitrogens with zero attached hydrogens (tertiary/aromatic N) is 1. The highest BCUT2D eigenvalue weighted by Gasteiger charge is 2.36. The van der Waals surface area contributed by atoms with E-state index in [2.05, 4.69) is 25.6 Å². The first-order valence-corrected chi connectivity index (χ1v) is 5.42. The van der Waals surface area contributed by atoms with Gasteiger partial charge in [0.15, 0.2) is 0 Å². The molecule has 2 rings (SSSR count). The summed E-state index contributed by atoms with van der Waals surface area (Å²) in [5.74, 6) is -1.08. The van der Waals surface area contributed by atoms with Gasteiger partial charge in [0, 0.05) is 15.9 Å². The second kappa shape index (κ2) is 3.64. The Bertz CT molecular complexity index is 476. The molecule has 0 aliphatic carbocycles. The third-order valence-electron chi connectivity index (χ3n) is 1.61. The van der Waals surface area contributed by atoms with Gasteiger partial charge in [0.05, 0.1) is 4.88 Å². The molecule has 0 fully saturated rings. The molecule has 0 radical (unpaired) electrons. The Morgan fingerprint density at radius 2 is 2.07 bits per heavy atom. The molecule has 15 heavy (non-hydrogen) atoms. The van der Waals surface area contributed by atoms with Crippen LogP contribution in [0.3, 0.4) is 0 Å². The standard InChI is InChI=1S/C8H3BrF3NOS/c9-4-1-6(15-3-4)5-2-7(14-13-5)8(10,11)12/h1-3H. The van der Waals surface area contributed by atoms with Crippen LogP contribution in [0.5, 0.6) is 0 Å². The maximum absolute atomic E-state index is 12.2. The molecule has 0 aromatic carbocycles. The lowest BCUT2D eigenvalue weighted by atomic mass is 10.3. The molecule has 2 heterocycles. The summed E-state index contributed by atoms with van der Waals surface area (Å²) in [5.41, 5.74) is 0.193. The van der Waals surface area contributed by atoms with E-state index < -0.39 is 11.9 Å². The molecule has 0 aliphatic heterocycles. The molecule has 0 saturated heterocycles. The van der Waals surface area contributed by atoms with Crippen LogP contribution in [-0.4, -0.2) is 5.16 Å². The number of aromatic nitrogens is 1. The lowest BCUT2D eigenvalue weighted by Gasteiger charge is -1.97. The molecule has 0 amide bonds. The summed E-state index contributed by atoms with van der Waals surface area (Å²) < 4.78 is 41.6. The van der Waals surface area contributed by atoms with Crippen molar-refractivity contribution in [3.05, 3.63) is 27.7 Å². The smallest absolute Gasteiger partial charge is 0.351 e. The molecule has 0 N–H and O–H groups in total. The van der Waals surface area contributed by atoms with Gasteiger partial charge in [-0.15, -0.1) is 11.3 Å². The van der Waals surface area contributed by atoms with E-state index >= 15 is 0 Å². The number of rotatable bonds is 1. The molecule has 2 aromatic heterocycles. The van der Waals surface area contributed by atoms with Crippen LogP contribution in [0.15, 0.2) is 26.5 Å². The average molecular weight is 298 g/mol. The molecule has 0 aliphatic rings. The van der Waals surface area contributed by atoms with Crippen molar-refractivity contribution in [1.29, 1.82) is 0 Å². The monoisotopic (exact) mass is 297 g/mol. The Hall–Kier alpha value is -0.820. The molecular formula is C8H3BrF3NOS. The van der Waals surface area contributed by atoms with Gasteiger partial charge in [-0.05, 0) is 22.0 Å². The molecule has 80 valence electrons. The summed E-state index contributed by atoms with van der Waals surface area (Å²) in [6, 6.07) is 2.57. The first kappa shape index (κ1) is 10.7. The van der Waals surface area contributed by atoms with Crippen molar-refractivity contribution >= 4 is 27.3 Å². The van der Waals surface area contributed by atoms with Crippen molar-refractivity contribution in [1.82, 2.24) is 5.16 Å². The van der Waals surface area contributed by atoms with E-state index in [0.717, 1.165) is 10.5 Å². The van der Waals surface area contributed by atoms with Crippen LogP contribution in [0.1, 0.15) is 5.76 Å². The van der Waals surface area contributed by atoms with Crippen LogP contribution in [0.25, 0.3) is 10.6 Å². The van der Waals surface area contributed by atoms with E-state index in [-0.39, 0.29) is 5.69 Å². The van der Waals surface area contributed by atoms with Crippen LogP contribution >= 0.6 is 27.3 Å². The predicted molar refractivity (Wildman–Crippen MR) is 52.5 cm³/mol. The first-order chi connectivity index (χ1) is 6.97. The summed E-state index contributed by atoms with van der Waals surface area (Å²) in [4.78, 5) is 0.626. The minimum atomic E-state index is -4.49. The minimum Gasteiger partial charge on any atom is -0.351 e. The van der Waals surface area contributed by atoms with Gasteiger partial charge >= 0.3 is 6.18 Å². The van der Waals surface area contributed by atoms with Gasteiger partial charge in [-0.25, -0.2) is 0 Å². The zero-order chi connectivity index (χ0) is 11.1. The third-order valence-corrected chi connectivity index (χ3v) is 3.32. The fraction of sp³-hybridized carbons (Fsp3) is 0.125. The second-order valence-electron chi connectivity index (χ2n) is 2.70. The van der Waals surface area contributed by atoms with E-state index in [4.69, 9.17) is 0 Å². The van der Waals surface area contributed by atoms with Crippen molar-refractivity contribution in [3.8, 4) is 10.6 Å². The van der Waals surface area contributed by atoms with E-state index in [1.54, 1.807) is 11.4 Å². The molecule has 0 spiro atoms. The largest absolute Gasteiger partial charge is 0.452 e. The van der Waals surface area contributed by atoms with Crippen molar-refractivity contribution in [3.63, 3.8) is 0 Å². The number of halogens is 4. The molecule has 0 saturated carbocycles. The predicted octanol–water partition coefficient (Wildman–Crippen LogP) is 4.18. The second-order valence-corrected chi connectivity index (χ2v) is 4.53. The Morgan fingerprint density at radius 3 is 2.53 bits per heavy atom. The molecule has 2 aromatic rings. The Morgan fingerprint density at radius 1 is 1.33 bits per heavy atom. The fourth-order valence-electron chi connectivity index (χ4n) is 0.972. The van der Waals surface area contributed by atoms with Crippen molar-refractivity contribution < 1.29 is 17.7 Å². The molecule has 0 unspecified atom stereocenters. The van der Waals surface area contributed by atoms with E-state index in [1.165, 1.54) is 11.3 Å². The van der Waals surface area contributed by atoms with Crippen LogP contribution in [-0.2, 0) is 6.18 Å². The van der Waals surface area contributed by atoms with E-state index in [9.17, 15) is 13.2 Å². The first-order valence-electron chi connectivity index (χ1n) is 3.75. The summed E-state index contributed by atoms with van der Waals surface area (Å²) >= 11 is 4.50. The minimum absolute atomic E-state index is 0.193. The van der Waals surface area contributed by atoms with Gasteiger partial charge < -0.3 is 4.52 Å². The number of thiophene rings is 1. The summed E-state index contributed by atoms with van der Waals surface area (Å²) in [7, 11) is 0. The van der Waals surface area contributed by atoms with Gasteiger partial charge in [-0.3, -0.25) is 0 Å². The quantitative estimate of drug-likeness (QED) is 0.789. The molecule has 2 nitrogen and oxygen atoms in total. The Kier molecular flexibility index (Phi) is 2.59.